The molecule has 0 bridgehead atoms. The van der Waals surface area contributed by atoms with Gasteiger partial charge in [-0.25, -0.2) is 0 Å². The van der Waals surface area contributed by atoms with Crippen LogP contribution in [-0.2, 0) is 16.0 Å². The summed E-state index contributed by atoms with van der Waals surface area (Å²) < 4.78 is 5.13. The average Bonchev–Trinajstić information content (AvgIpc) is 3.30. The fraction of sp³-hybridized carbons (Fsp3) is 0.304. The first-order valence-electron chi connectivity index (χ1n) is 9.83. The lowest BCUT2D eigenvalue weighted by atomic mass is 10.1. The molecule has 0 aliphatic carbocycles. The van der Waals surface area contributed by atoms with Crippen molar-refractivity contribution >= 4 is 28.4 Å². The molecule has 1 aliphatic rings. The SMILES string of the molecule is COc1ccc(NC(=O)[C@@H]2CC(=O)N(CCc3c[nH]c4ccc(C)cc34)C2)cc1. The number of hydrogen-bond acceptors (Lipinski definition) is 3. The van der Waals surface area contributed by atoms with E-state index in [-0.39, 0.29) is 24.2 Å². The van der Waals surface area contributed by atoms with E-state index in [0.29, 0.717) is 18.8 Å². The minimum atomic E-state index is -0.324. The molecule has 3 aromatic rings. The molecule has 150 valence electrons. The van der Waals surface area contributed by atoms with Crippen LogP contribution < -0.4 is 10.1 Å². The summed E-state index contributed by atoms with van der Waals surface area (Å²) in [5, 5.41) is 4.10. The second-order valence-electron chi connectivity index (χ2n) is 7.57. The molecule has 2 aromatic carbocycles. The van der Waals surface area contributed by atoms with Crippen molar-refractivity contribution in [3.05, 3.63) is 59.8 Å². The standard InChI is InChI=1S/C23H25N3O3/c1-15-3-8-21-20(11-15)16(13-24-21)9-10-26-14-17(12-22(26)27)23(28)25-18-4-6-19(29-2)7-5-18/h3-8,11,13,17,24H,9-10,12,14H2,1-2H3,(H,25,28)/t17-/m1/s1. The maximum atomic E-state index is 12.6. The number of benzene rings is 2. The Balaban J connectivity index is 1.35. The Kier molecular flexibility index (Phi) is 5.25. The number of likely N-dealkylation sites (tertiary alicyclic amines) is 1. The molecule has 29 heavy (non-hydrogen) atoms. The first-order chi connectivity index (χ1) is 14.0. The Bertz CT molecular complexity index is 1040. The van der Waals surface area contributed by atoms with Crippen LogP contribution in [0.1, 0.15) is 17.5 Å². The normalized spacial score (nSPS) is 16.4. The van der Waals surface area contributed by atoms with E-state index in [9.17, 15) is 9.59 Å². The number of rotatable bonds is 6. The van der Waals surface area contributed by atoms with Crippen LogP contribution in [0.3, 0.4) is 0 Å². The topological polar surface area (TPSA) is 74.4 Å². The molecule has 1 aliphatic heterocycles. The summed E-state index contributed by atoms with van der Waals surface area (Å²) in [6.07, 6.45) is 3.04. The van der Waals surface area contributed by atoms with Crippen LogP contribution in [0.5, 0.6) is 5.75 Å². The summed E-state index contributed by atoms with van der Waals surface area (Å²) in [4.78, 5) is 30.1. The number of ether oxygens (including phenoxy) is 1. The zero-order chi connectivity index (χ0) is 20.4. The second-order valence-corrected chi connectivity index (χ2v) is 7.57. The van der Waals surface area contributed by atoms with Crippen molar-refractivity contribution in [3.8, 4) is 5.75 Å². The highest BCUT2D eigenvalue weighted by molar-refractivity contribution is 5.97. The lowest BCUT2D eigenvalue weighted by Crippen LogP contribution is -2.30. The van der Waals surface area contributed by atoms with Gasteiger partial charge in [-0.2, -0.15) is 0 Å². The van der Waals surface area contributed by atoms with Crippen LogP contribution in [0.15, 0.2) is 48.7 Å². The van der Waals surface area contributed by atoms with Gasteiger partial charge < -0.3 is 19.9 Å². The first kappa shape index (κ1) is 19.1. The van der Waals surface area contributed by atoms with Crippen LogP contribution in [0.2, 0.25) is 0 Å². The zero-order valence-corrected chi connectivity index (χ0v) is 16.7. The van der Waals surface area contributed by atoms with Gasteiger partial charge in [-0.3, -0.25) is 9.59 Å². The Morgan fingerprint density at radius 2 is 2.03 bits per heavy atom. The zero-order valence-electron chi connectivity index (χ0n) is 16.7. The van der Waals surface area contributed by atoms with E-state index in [0.717, 1.165) is 17.7 Å². The number of aromatic amines is 1. The molecule has 2 amide bonds. The molecule has 1 fully saturated rings. The highest BCUT2D eigenvalue weighted by Gasteiger charge is 2.34. The van der Waals surface area contributed by atoms with Crippen LogP contribution in [0, 0.1) is 12.8 Å². The molecule has 0 radical (unpaired) electrons. The molecule has 1 atom stereocenters. The molecule has 4 rings (SSSR count). The molecular weight excluding hydrogens is 366 g/mol. The van der Waals surface area contributed by atoms with Gasteiger partial charge in [-0.1, -0.05) is 11.6 Å². The molecular formula is C23H25N3O3. The van der Waals surface area contributed by atoms with Gasteiger partial charge >= 0.3 is 0 Å². The average molecular weight is 391 g/mol. The molecule has 2 N–H and O–H groups in total. The van der Waals surface area contributed by atoms with E-state index < -0.39 is 0 Å². The van der Waals surface area contributed by atoms with Gasteiger partial charge in [0.15, 0.2) is 0 Å². The lowest BCUT2D eigenvalue weighted by Gasteiger charge is -2.16. The summed E-state index contributed by atoms with van der Waals surface area (Å²) >= 11 is 0. The Labute approximate surface area is 169 Å². The predicted octanol–water partition coefficient (Wildman–Crippen LogP) is 3.51. The molecule has 1 aromatic heterocycles. The van der Waals surface area contributed by atoms with Crippen molar-refractivity contribution in [1.82, 2.24) is 9.88 Å². The van der Waals surface area contributed by atoms with Crippen molar-refractivity contribution in [2.75, 3.05) is 25.5 Å². The van der Waals surface area contributed by atoms with E-state index >= 15 is 0 Å². The van der Waals surface area contributed by atoms with Crippen LogP contribution >= 0.6 is 0 Å². The number of carbonyl (C=O) groups is 2. The number of amides is 2. The van der Waals surface area contributed by atoms with E-state index in [2.05, 4.69) is 35.4 Å². The maximum absolute atomic E-state index is 12.6. The number of fused-ring (bicyclic) bond motifs is 1. The summed E-state index contributed by atoms with van der Waals surface area (Å²) in [6.45, 7) is 3.15. The van der Waals surface area contributed by atoms with Gasteiger partial charge in [0.1, 0.15) is 5.75 Å². The first-order valence-corrected chi connectivity index (χ1v) is 9.83. The number of H-pyrrole nitrogens is 1. The molecule has 0 unspecified atom stereocenters. The van der Waals surface area contributed by atoms with Crippen molar-refractivity contribution in [2.24, 2.45) is 5.92 Å². The maximum Gasteiger partial charge on any atom is 0.229 e. The monoisotopic (exact) mass is 391 g/mol. The predicted molar refractivity (Wildman–Crippen MR) is 113 cm³/mol. The molecule has 2 heterocycles. The van der Waals surface area contributed by atoms with Crippen LogP contribution in [0.4, 0.5) is 5.69 Å². The third-order valence-electron chi connectivity index (χ3n) is 5.52. The Morgan fingerprint density at radius 1 is 1.24 bits per heavy atom. The van der Waals surface area contributed by atoms with E-state index in [1.165, 1.54) is 16.5 Å². The molecule has 6 nitrogen and oxygen atoms in total. The molecule has 0 spiro atoms. The lowest BCUT2D eigenvalue weighted by molar-refractivity contribution is -0.128. The Hall–Kier alpha value is -3.28. The van der Waals surface area contributed by atoms with Gasteiger partial charge in [0, 0.05) is 42.3 Å². The smallest absolute Gasteiger partial charge is 0.229 e. The van der Waals surface area contributed by atoms with Crippen molar-refractivity contribution in [3.63, 3.8) is 0 Å². The van der Waals surface area contributed by atoms with Gasteiger partial charge in [0.2, 0.25) is 11.8 Å². The van der Waals surface area contributed by atoms with Gasteiger partial charge in [-0.15, -0.1) is 0 Å². The summed E-state index contributed by atoms with van der Waals surface area (Å²) in [7, 11) is 1.60. The van der Waals surface area contributed by atoms with Crippen molar-refractivity contribution in [1.29, 1.82) is 0 Å². The highest BCUT2D eigenvalue weighted by Crippen LogP contribution is 2.24. The largest absolute Gasteiger partial charge is 0.497 e. The van der Waals surface area contributed by atoms with Crippen LogP contribution in [0.25, 0.3) is 10.9 Å². The quantitative estimate of drug-likeness (QED) is 0.675. The van der Waals surface area contributed by atoms with Crippen molar-refractivity contribution < 1.29 is 14.3 Å². The number of aromatic nitrogens is 1. The molecule has 0 saturated carbocycles. The fourth-order valence-electron chi connectivity index (χ4n) is 3.84. The third kappa shape index (κ3) is 4.11. The number of carbonyl (C=O) groups excluding carboxylic acids is 2. The van der Waals surface area contributed by atoms with Gasteiger partial charge in [0.25, 0.3) is 0 Å². The minimum Gasteiger partial charge on any atom is -0.497 e. The van der Waals surface area contributed by atoms with Crippen molar-refractivity contribution in [2.45, 2.75) is 19.8 Å². The summed E-state index contributed by atoms with van der Waals surface area (Å²) in [5.41, 5.74) is 4.22. The third-order valence-corrected chi connectivity index (χ3v) is 5.52. The number of hydrogen-bond donors (Lipinski definition) is 2. The minimum absolute atomic E-state index is 0.0379. The molecule has 1 saturated heterocycles. The summed E-state index contributed by atoms with van der Waals surface area (Å²) in [5.74, 6) is 0.331. The van der Waals surface area contributed by atoms with Gasteiger partial charge in [-0.05, 0) is 55.3 Å². The van der Waals surface area contributed by atoms with Crippen LogP contribution in [-0.4, -0.2) is 41.9 Å². The number of anilines is 1. The number of nitrogens with one attached hydrogen (secondary N) is 2. The van der Waals surface area contributed by atoms with E-state index in [1.54, 1.807) is 36.3 Å². The van der Waals surface area contributed by atoms with E-state index in [1.807, 2.05) is 6.20 Å². The fourth-order valence-corrected chi connectivity index (χ4v) is 3.84. The number of methoxy groups -OCH3 is 1. The van der Waals surface area contributed by atoms with E-state index in [4.69, 9.17) is 4.74 Å². The highest BCUT2D eigenvalue weighted by atomic mass is 16.5. The Morgan fingerprint density at radius 3 is 2.79 bits per heavy atom. The number of aryl methyl sites for hydroxylation is 1. The molecule has 6 heteroatoms. The second kappa shape index (κ2) is 7.99. The van der Waals surface area contributed by atoms with Gasteiger partial charge in [0.05, 0.1) is 13.0 Å². The summed E-state index contributed by atoms with van der Waals surface area (Å²) in [6, 6.07) is 13.5. The number of nitrogens with zero attached hydrogens (tertiary/aromatic N) is 1.